The van der Waals surface area contributed by atoms with Crippen molar-refractivity contribution in [2.45, 2.75) is 25.8 Å². The van der Waals surface area contributed by atoms with Crippen molar-refractivity contribution in [3.05, 3.63) is 24.4 Å². The number of hydrogen-bond acceptors (Lipinski definition) is 3. The first-order valence-electron chi connectivity index (χ1n) is 6.72. The molecule has 1 atom stereocenters. The van der Waals surface area contributed by atoms with Gasteiger partial charge >= 0.3 is 0 Å². The van der Waals surface area contributed by atoms with E-state index in [0.29, 0.717) is 17.9 Å². The number of aromatic nitrogens is 1. The summed E-state index contributed by atoms with van der Waals surface area (Å²) in [6, 6.07) is 6.32. The summed E-state index contributed by atoms with van der Waals surface area (Å²) in [7, 11) is 0. The highest BCUT2D eigenvalue weighted by molar-refractivity contribution is 5.81. The number of carbonyl (C=O) groups excluding carboxylic acids is 1. The molecule has 96 valence electrons. The highest BCUT2D eigenvalue weighted by Gasteiger charge is 2.36. The van der Waals surface area contributed by atoms with Gasteiger partial charge in [-0.25, -0.2) is 4.98 Å². The summed E-state index contributed by atoms with van der Waals surface area (Å²) in [6.07, 6.45) is 4.01. The Hall–Kier alpha value is -1.58. The van der Waals surface area contributed by atoms with Crippen LogP contribution >= 0.6 is 0 Å². The van der Waals surface area contributed by atoms with Crippen LogP contribution in [0.4, 0.5) is 5.82 Å². The van der Waals surface area contributed by atoms with Gasteiger partial charge in [0.15, 0.2) is 0 Å². The lowest BCUT2D eigenvalue weighted by Gasteiger charge is -2.40. The molecule has 0 radical (unpaired) electrons. The van der Waals surface area contributed by atoms with Crippen LogP contribution in [0.5, 0.6) is 0 Å². The van der Waals surface area contributed by atoms with Crippen molar-refractivity contribution in [1.29, 1.82) is 0 Å². The summed E-state index contributed by atoms with van der Waals surface area (Å²) in [4.78, 5) is 20.8. The lowest BCUT2D eigenvalue weighted by atomic mass is 10.1. The van der Waals surface area contributed by atoms with Crippen LogP contribution in [0.25, 0.3) is 0 Å². The van der Waals surface area contributed by atoms with Gasteiger partial charge in [0.05, 0.1) is 0 Å². The molecule has 0 aromatic carbocycles. The minimum Gasteiger partial charge on any atom is -0.350 e. The zero-order valence-corrected chi connectivity index (χ0v) is 10.7. The monoisotopic (exact) mass is 245 g/mol. The van der Waals surface area contributed by atoms with Crippen LogP contribution in [-0.4, -0.2) is 41.5 Å². The van der Waals surface area contributed by atoms with Crippen LogP contribution in [0.3, 0.4) is 0 Å². The van der Waals surface area contributed by atoms with Gasteiger partial charge in [-0.05, 0) is 31.9 Å². The molecule has 1 amide bonds. The number of pyridine rings is 1. The lowest BCUT2D eigenvalue weighted by molar-refractivity contribution is -0.133. The Morgan fingerprint density at radius 2 is 2.17 bits per heavy atom. The number of carbonyl (C=O) groups is 1. The molecule has 1 aliphatic heterocycles. The van der Waals surface area contributed by atoms with Crippen LogP contribution in [0, 0.1) is 5.92 Å². The quantitative estimate of drug-likeness (QED) is 0.793. The standard InChI is InChI=1S/C14H19N3O/c1-11-10-16(14(18)12-5-6-12)8-9-17(11)13-4-2-3-7-15-13/h2-4,7,11-12H,5-6,8-10H2,1H3/t11-/m1/s1. The molecule has 2 heterocycles. The first-order valence-corrected chi connectivity index (χ1v) is 6.72. The van der Waals surface area contributed by atoms with Crippen molar-refractivity contribution < 1.29 is 4.79 Å². The molecule has 18 heavy (non-hydrogen) atoms. The molecule has 0 N–H and O–H groups in total. The Labute approximate surface area is 108 Å². The van der Waals surface area contributed by atoms with Crippen LogP contribution < -0.4 is 4.90 Å². The van der Waals surface area contributed by atoms with E-state index in [2.05, 4.69) is 16.8 Å². The fraction of sp³-hybridized carbons (Fsp3) is 0.571. The molecular formula is C14H19N3O. The van der Waals surface area contributed by atoms with Gasteiger partial charge in [-0.15, -0.1) is 0 Å². The fourth-order valence-electron chi connectivity index (χ4n) is 2.61. The molecular weight excluding hydrogens is 226 g/mol. The van der Waals surface area contributed by atoms with E-state index < -0.39 is 0 Å². The van der Waals surface area contributed by atoms with Gasteiger partial charge in [0.1, 0.15) is 5.82 Å². The van der Waals surface area contributed by atoms with E-state index in [9.17, 15) is 4.79 Å². The topological polar surface area (TPSA) is 36.4 Å². The molecule has 3 rings (SSSR count). The van der Waals surface area contributed by atoms with E-state index in [1.165, 1.54) is 0 Å². The van der Waals surface area contributed by atoms with E-state index in [-0.39, 0.29) is 0 Å². The number of anilines is 1. The van der Waals surface area contributed by atoms with Gasteiger partial charge in [0.2, 0.25) is 5.91 Å². The summed E-state index contributed by atoms with van der Waals surface area (Å²) in [5.41, 5.74) is 0. The maximum absolute atomic E-state index is 12.0. The Morgan fingerprint density at radius 1 is 1.33 bits per heavy atom. The number of amides is 1. The first kappa shape index (κ1) is 11.5. The summed E-state index contributed by atoms with van der Waals surface area (Å²) in [5.74, 6) is 1.71. The van der Waals surface area contributed by atoms with Gasteiger partial charge in [0.25, 0.3) is 0 Å². The summed E-state index contributed by atoms with van der Waals surface area (Å²) >= 11 is 0. The minimum atomic E-state index is 0.332. The molecule has 2 fully saturated rings. The number of piperazine rings is 1. The third kappa shape index (κ3) is 2.19. The number of nitrogens with zero attached hydrogens (tertiary/aromatic N) is 3. The van der Waals surface area contributed by atoms with Crippen molar-refractivity contribution in [1.82, 2.24) is 9.88 Å². The first-order chi connectivity index (χ1) is 8.75. The second-order valence-electron chi connectivity index (χ2n) is 5.29. The van der Waals surface area contributed by atoms with Crippen LogP contribution in [0.2, 0.25) is 0 Å². The average molecular weight is 245 g/mol. The zero-order chi connectivity index (χ0) is 12.5. The van der Waals surface area contributed by atoms with Crippen LogP contribution in [0.1, 0.15) is 19.8 Å². The summed E-state index contributed by atoms with van der Waals surface area (Å²) in [5, 5.41) is 0. The molecule has 0 unspecified atom stereocenters. The Bertz CT molecular complexity index is 430. The van der Waals surface area contributed by atoms with Crippen molar-refractivity contribution in [2.24, 2.45) is 5.92 Å². The smallest absolute Gasteiger partial charge is 0.225 e. The molecule has 1 aliphatic carbocycles. The molecule has 1 saturated heterocycles. The second kappa shape index (κ2) is 4.59. The zero-order valence-electron chi connectivity index (χ0n) is 10.7. The van der Waals surface area contributed by atoms with E-state index in [0.717, 1.165) is 38.3 Å². The summed E-state index contributed by atoms with van der Waals surface area (Å²) in [6.45, 7) is 4.71. The predicted octanol–water partition coefficient (Wildman–Crippen LogP) is 1.53. The highest BCUT2D eigenvalue weighted by Crippen LogP contribution is 2.32. The molecule has 2 aliphatic rings. The Balaban J connectivity index is 1.66. The maximum Gasteiger partial charge on any atom is 0.225 e. The van der Waals surface area contributed by atoms with E-state index in [1.54, 1.807) is 0 Å². The molecule has 0 bridgehead atoms. The molecule has 1 aromatic heterocycles. The fourth-order valence-corrected chi connectivity index (χ4v) is 2.61. The van der Waals surface area contributed by atoms with E-state index in [4.69, 9.17) is 0 Å². The van der Waals surface area contributed by atoms with E-state index in [1.807, 2.05) is 29.3 Å². The second-order valence-corrected chi connectivity index (χ2v) is 5.29. The molecule has 4 nitrogen and oxygen atoms in total. The van der Waals surface area contributed by atoms with Crippen LogP contribution in [-0.2, 0) is 4.79 Å². The Kier molecular flexibility index (Phi) is 2.94. The molecule has 0 spiro atoms. The SMILES string of the molecule is C[C@@H]1CN(C(=O)C2CC2)CCN1c1ccccn1. The van der Waals surface area contributed by atoms with Crippen molar-refractivity contribution >= 4 is 11.7 Å². The maximum atomic E-state index is 12.0. The largest absolute Gasteiger partial charge is 0.350 e. The number of hydrogen-bond donors (Lipinski definition) is 0. The third-order valence-electron chi connectivity index (χ3n) is 3.81. The number of rotatable bonds is 2. The van der Waals surface area contributed by atoms with Crippen molar-refractivity contribution in [3.63, 3.8) is 0 Å². The normalized spacial score (nSPS) is 24.2. The highest BCUT2D eigenvalue weighted by atomic mass is 16.2. The van der Waals surface area contributed by atoms with Gasteiger partial charge in [-0.1, -0.05) is 6.07 Å². The Morgan fingerprint density at radius 3 is 2.78 bits per heavy atom. The lowest BCUT2D eigenvalue weighted by Crippen LogP contribution is -2.54. The van der Waals surface area contributed by atoms with Crippen LogP contribution in [0.15, 0.2) is 24.4 Å². The van der Waals surface area contributed by atoms with E-state index >= 15 is 0 Å². The molecule has 4 heteroatoms. The molecule has 1 saturated carbocycles. The third-order valence-corrected chi connectivity index (χ3v) is 3.81. The predicted molar refractivity (Wildman–Crippen MR) is 70.3 cm³/mol. The van der Waals surface area contributed by atoms with Gasteiger partial charge < -0.3 is 9.80 Å². The van der Waals surface area contributed by atoms with Gasteiger partial charge in [-0.3, -0.25) is 4.79 Å². The molecule has 1 aromatic rings. The minimum absolute atomic E-state index is 0.332. The van der Waals surface area contributed by atoms with Crippen molar-refractivity contribution in [2.75, 3.05) is 24.5 Å². The van der Waals surface area contributed by atoms with Gasteiger partial charge in [-0.2, -0.15) is 0 Å². The average Bonchev–Trinajstić information content (AvgIpc) is 3.23. The van der Waals surface area contributed by atoms with Crippen molar-refractivity contribution in [3.8, 4) is 0 Å². The van der Waals surface area contributed by atoms with Gasteiger partial charge in [0, 0.05) is 37.8 Å². The summed E-state index contributed by atoms with van der Waals surface area (Å²) < 4.78 is 0.